The number of methoxy groups -OCH3 is 2. The van der Waals surface area contributed by atoms with Crippen LogP contribution in [0.4, 0.5) is 16.3 Å². The SMILES string of the molecule is COc1cc(COC(=O)N(CCCl)C[C@H]2O[C@@H](n3cnc4c(N)ncnc43)[C@H](O)[C@@H]2O)c([N+](=O)[O-])cc1OC. The van der Waals surface area contributed by atoms with Gasteiger partial charge in [-0.25, -0.2) is 19.7 Å². The minimum atomic E-state index is -1.40. The first-order valence-corrected chi connectivity index (χ1v) is 12.0. The van der Waals surface area contributed by atoms with Crippen molar-refractivity contribution in [3.8, 4) is 11.5 Å². The molecule has 0 spiro atoms. The van der Waals surface area contributed by atoms with Crippen molar-refractivity contribution in [1.82, 2.24) is 24.4 Å². The molecule has 4 atom stereocenters. The lowest BCUT2D eigenvalue weighted by Gasteiger charge is -2.25. The van der Waals surface area contributed by atoms with Crippen LogP contribution in [0, 0.1) is 10.1 Å². The molecular weight excluding hydrogens is 542 g/mol. The summed E-state index contributed by atoms with van der Waals surface area (Å²) in [7, 11) is 2.70. The van der Waals surface area contributed by atoms with Crippen LogP contribution in [0.2, 0.25) is 0 Å². The van der Waals surface area contributed by atoms with Crippen LogP contribution in [0.1, 0.15) is 11.8 Å². The number of fused-ring (bicyclic) bond motifs is 1. The van der Waals surface area contributed by atoms with E-state index in [0.29, 0.717) is 5.52 Å². The van der Waals surface area contributed by atoms with Gasteiger partial charge in [-0.05, 0) is 6.07 Å². The molecule has 210 valence electrons. The summed E-state index contributed by atoms with van der Waals surface area (Å²) in [6, 6.07) is 2.51. The van der Waals surface area contributed by atoms with Gasteiger partial charge < -0.3 is 39.8 Å². The smallest absolute Gasteiger partial charge is 0.410 e. The summed E-state index contributed by atoms with van der Waals surface area (Å²) in [6.45, 7) is -0.673. The molecule has 39 heavy (non-hydrogen) atoms. The second-order valence-corrected chi connectivity index (χ2v) is 8.79. The maximum atomic E-state index is 12.9. The number of aliphatic hydroxyl groups excluding tert-OH is 2. The Bertz CT molecular complexity index is 1360. The lowest BCUT2D eigenvalue weighted by Crippen LogP contribution is -2.43. The molecule has 1 aromatic carbocycles. The van der Waals surface area contributed by atoms with Gasteiger partial charge in [0.15, 0.2) is 29.2 Å². The van der Waals surface area contributed by atoms with Crippen molar-refractivity contribution in [2.24, 2.45) is 0 Å². The molecule has 0 radical (unpaired) electrons. The van der Waals surface area contributed by atoms with E-state index in [0.717, 1.165) is 4.90 Å². The number of anilines is 1. The van der Waals surface area contributed by atoms with E-state index in [-0.39, 0.29) is 53.2 Å². The van der Waals surface area contributed by atoms with Crippen molar-refractivity contribution in [3.63, 3.8) is 0 Å². The van der Waals surface area contributed by atoms with Crippen molar-refractivity contribution in [2.45, 2.75) is 31.1 Å². The molecule has 1 amide bonds. The molecule has 1 aliphatic rings. The van der Waals surface area contributed by atoms with Gasteiger partial charge in [-0.1, -0.05) is 0 Å². The molecule has 3 aromatic rings. The van der Waals surface area contributed by atoms with E-state index in [1.165, 1.54) is 43.6 Å². The second kappa shape index (κ2) is 11.8. The summed E-state index contributed by atoms with van der Waals surface area (Å²) in [5, 5.41) is 32.9. The Labute approximate surface area is 226 Å². The van der Waals surface area contributed by atoms with E-state index in [9.17, 15) is 25.1 Å². The fraction of sp³-hybridized carbons (Fsp3) is 0.455. The summed E-state index contributed by atoms with van der Waals surface area (Å²) in [5.41, 5.74) is 6.13. The second-order valence-electron chi connectivity index (χ2n) is 8.41. The number of nitrogen functional groups attached to an aromatic ring is 1. The number of carbonyl (C=O) groups is 1. The van der Waals surface area contributed by atoms with Crippen molar-refractivity contribution >= 4 is 40.4 Å². The lowest BCUT2D eigenvalue weighted by molar-refractivity contribution is -0.385. The zero-order chi connectivity index (χ0) is 28.3. The Balaban J connectivity index is 1.48. The predicted octanol–water partition coefficient (Wildman–Crippen LogP) is 0.831. The van der Waals surface area contributed by atoms with Gasteiger partial charge in [0.05, 0.1) is 43.6 Å². The highest BCUT2D eigenvalue weighted by atomic mass is 35.5. The number of nitro benzene ring substituents is 1. The summed E-state index contributed by atoms with van der Waals surface area (Å²) >= 11 is 5.88. The number of nitro groups is 1. The quantitative estimate of drug-likeness (QED) is 0.176. The number of ether oxygens (including phenoxy) is 4. The van der Waals surface area contributed by atoms with E-state index < -0.39 is 42.2 Å². The first kappa shape index (κ1) is 28.0. The number of nitrogens with zero attached hydrogens (tertiary/aromatic N) is 6. The summed E-state index contributed by atoms with van der Waals surface area (Å²) < 4.78 is 22.9. The van der Waals surface area contributed by atoms with E-state index >= 15 is 0 Å². The lowest BCUT2D eigenvalue weighted by atomic mass is 10.1. The molecule has 17 heteroatoms. The number of amides is 1. The Morgan fingerprint density at radius 1 is 1.23 bits per heavy atom. The molecule has 4 rings (SSSR count). The average Bonchev–Trinajstić information content (AvgIpc) is 3.48. The van der Waals surface area contributed by atoms with Crippen LogP contribution in [0.15, 0.2) is 24.8 Å². The van der Waals surface area contributed by atoms with E-state index in [2.05, 4.69) is 15.0 Å². The minimum Gasteiger partial charge on any atom is -0.493 e. The van der Waals surface area contributed by atoms with Crippen molar-refractivity contribution in [2.75, 3.05) is 38.9 Å². The predicted molar refractivity (Wildman–Crippen MR) is 134 cm³/mol. The molecule has 0 aliphatic carbocycles. The van der Waals surface area contributed by atoms with Crippen molar-refractivity contribution in [1.29, 1.82) is 0 Å². The minimum absolute atomic E-state index is 0.000474. The third kappa shape index (κ3) is 5.58. The molecule has 0 bridgehead atoms. The molecule has 4 N–H and O–H groups in total. The molecule has 2 aromatic heterocycles. The van der Waals surface area contributed by atoms with Gasteiger partial charge in [-0.15, -0.1) is 11.6 Å². The number of halogens is 1. The number of hydrogen-bond donors (Lipinski definition) is 3. The topological polar surface area (TPSA) is 210 Å². The first-order valence-electron chi connectivity index (χ1n) is 11.5. The highest BCUT2D eigenvalue weighted by Crippen LogP contribution is 2.35. The fourth-order valence-electron chi connectivity index (χ4n) is 4.17. The number of imidazole rings is 1. The molecule has 0 unspecified atom stereocenters. The van der Waals surface area contributed by atoms with Crippen molar-refractivity contribution in [3.05, 3.63) is 40.5 Å². The third-order valence-electron chi connectivity index (χ3n) is 6.14. The van der Waals surface area contributed by atoms with Gasteiger partial charge in [0.25, 0.3) is 5.69 Å². The van der Waals surface area contributed by atoms with Crippen LogP contribution in [-0.2, 0) is 16.1 Å². The zero-order valence-electron chi connectivity index (χ0n) is 20.8. The zero-order valence-corrected chi connectivity index (χ0v) is 21.6. The fourth-order valence-corrected chi connectivity index (χ4v) is 4.37. The Morgan fingerprint density at radius 3 is 2.62 bits per heavy atom. The molecule has 3 heterocycles. The molecule has 0 saturated carbocycles. The third-order valence-corrected chi connectivity index (χ3v) is 6.31. The van der Waals surface area contributed by atoms with Gasteiger partial charge in [0, 0.05) is 12.4 Å². The van der Waals surface area contributed by atoms with E-state index in [4.69, 9.17) is 36.3 Å². The molecule has 1 saturated heterocycles. The van der Waals surface area contributed by atoms with Crippen LogP contribution in [0.25, 0.3) is 11.2 Å². The molecular formula is C22H26ClN7O9. The number of rotatable bonds is 10. The van der Waals surface area contributed by atoms with Gasteiger partial charge in [0.1, 0.15) is 36.8 Å². The first-order chi connectivity index (χ1) is 18.7. The summed E-state index contributed by atoms with van der Waals surface area (Å²) in [4.78, 5) is 37.1. The number of aromatic nitrogens is 4. The number of carbonyl (C=O) groups excluding carboxylic acids is 1. The molecule has 16 nitrogen and oxygen atoms in total. The maximum Gasteiger partial charge on any atom is 0.410 e. The van der Waals surface area contributed by atoms with E-state index in [1.807, 2.05) is 0 Å². The van der Waals surface area contributed by atoms with Gasteiger partial charge in [-0.2, -0.15) is 0 Å². The largest absolute Gasteiger partial charge is 0.493 e. The van der Waals surface area contributed by atoms with Crippen LogP contribution >= 0.6 is 11.6 Å². The standard InChI is InChI=1S/C22H26ClN7O9/c1-36-13-5-11(12(30(34)35)6-14(13)37-2)8-38-22(33)28(4-3-23)7-15-17(31)18(32)21(39-15)29-10-27-16-19(24)25-9-26-20(16)29/h5-6,9-10,15,17-18,21,31-32H,3-4,7-8H2,1-2H3,(H2,24,25,26)/t15-,17-,18-,21-/m1/s1. The highest BCUT2D eigenvalue weighted by molar-refractivity contribution is 6.18. The van der Waals surface area contributed by atoms with Crippen LogP contribution < -0.4 is 15.2 Å². The summed E-state index contributed by atoms with van der Waals surface area (Å²) in [5.74, 6) is 0.508. The van der Waals surface area contributed by atoms with Gasteiger partial charge >= 0.3 is 6.09 Å². The molecule has 1 fully saturated rings. The summed E-state index contributed by atoms with van der Waals surface area (Å²) in [6.07, 6.45) is -3.23. The van der Waals surface area contributed by atoms with Crippen LogP contribution in [0.3, 0.4) is 0 Å². The van der Waals surface area contributed by atoms with Crippen LogP contribution in [-0.4, -0.2) is 97.1 Å². The number of nitrogens with two attached hydrogens (primary N) is 1. The Hall–Kier alpha value is -3.99. The van der Waals surface area contributed by atoms with E-state index in [1.54, 1.807) is 0 Å². The van der Waals surface area contributed by atoms with Gasteiger partial charge in [-0.3, -0.25) is 14.7 Å². The molecule has 1 aliphatic heterocycles. The number of benzene rings is 1. The highest BCUT2D eigenvalue weighted by Gasteiger charge is 2.45. The Kier molecular flexibility index (Phi) is 8.49. The average molecular weight is 568 g/mol. The number of hydrogen-bond acceptors (Lipinski definition) is 13. The monoisotopic (exact) mass is 567 g/mol. The number of alkyl halides is 1. The van der Waals surface area contributed by atoms with Gasteiger partial charge in [0.2, 0.25) is 0 Å². The normalized spacial score (nSPS) is 20.6. The maximum absolute atomic E-state index is 12.9. The Morgan fingerprint density at radius 2 is 1.95 bits per heavy atom. The number of aliphatic hydroxyl groups is 2. The van der Waals surface area contributed by atoms with Crippen molar-refractivity contribution < 1.29 is 38.9 Å². The van der Waals surface area contributed by atoms with Crippen LogP contribution in [0.5, 0.6) is 11.5 Å².